The lowest BCUT2D eigenvalue weighted by Crippen LogP contribution is -2.23. The van der Waals surface area contributed by atoms with Crippen molar-refractivity contribution in [2.24, 2.45) is 0 Å². The van der Waals surface area contributed by atoms with Gasteiger partial charge in [-0.3, -0.25) is 0 Å². The van der Waals surface area contributed by atoms with Crippen LogP contribution in [0.1, 0.15) is 36.1 Å². The molecule has 2 rings (SSSR count). The zero-order valence-corrected chi connectivity index (χ0v) is 13.1. The molecule has 0 saturated heterocycles. The minimum absolute atomic E-state index is 0.283. The molecule has 0 saturated carbocycles. The Morgan fingerprint density at radius 2 is 2.17 bits per heavy atom. The molecule has 0 aliphatic heterocycles. The van der Waals surface area contributed by atoms with Crippen LogP contribution in [-0.2, 0) is 0 Å². The zero-order chi connectivity index (χ0) is 13.0. The normalized spacial score (nSPS) is 12.6. The molecular weight excluding hydrogens is 306 g/mol. The van der Waals surface area contributed by atoms with E-state index in [1.165, 1.54) is 21.2 Å². The fraction of sp³-hybridized carbons (Fsp3) is 0.333. The highest BCUT2D eigenvalue weighted by Gasteiger charge is 2.16. The zero-order valence-electron chi connectivity index (χ0n) is 10.7. The summed E-state index contributed by atoms with van der Waals surface area (Å²) in [5.41, 5.74) is 3.94. The summed E-state index contributed by atoms with van der Waals surface area (Å²) >= 11 is 5.44. The van der Waals surface area contributed by atoms with Crippen molar-refractivity contribution >= 4 is 27.3 Å². The molecule has 1 nitrogen and oxygen atoms in total. The molecule has 0 aliphatic carbocycles. The van der Waals surface area contributed by atoms with E-state index in [0.717, 1.165) is 13.0 Å². The number of nitrogens with one attached hydrogen (secondary N) is 1. The van der Waals surface area contributed by atoms with E-state index >= 15 is 0 Å². The van der Waals surface area contributed by atoms with Crippen molar-refractivity contribution in [3.63, 3.8) is 0 Å². The van der Waals surface area contributed by atoms with Crippen molar-refractivity contribution in [2.45, 2.75) is 26.3 Å². The van der Waals surface area contributed by atoms with E-state index in [9.17, 15) is 0 Å². The summed E-state index contributed by atoms with van der Waals surface area (Å²) in [5, 5.41) is 7.98. The van der Waals surface area contributed by atoms with Crippen LogP contribution in [0.2, 0.25) is 0 Å². The molecule has 0 amide bonds. The summed E-state index contributed by atoms with van der Waals surface area (Å²) in [6.07, 6.45) is 1.14. The van der Waals surface area contributed by atoms with Gasteiger partial charge in [0.05, 0.1) is 6.04 Å². The number of thiophene rings is 1. The Morgan fingerprint density at radius 3 is 2.78 bits per heavy atom. The van der Waals surface area contributed by atoms with Crippen LogP contribution in [0, 0.1) is 6.92 Å². The number of halogens is 1. The van der Waals surface area contributed by atoms with Crippen LogP contribution in [0.4, 0.5) is 0 Å². The summed E-state index contributed by atoms with van der Waals surface area (Å²) in [6.45, 7) is 5.34. The van der Waals surface area contributed by atoms with E-state index in [4.69, 9.17) is 0 Å². The van der Waals surface area contributed by atoms with Crippen LogP contribution in [0.25, 0.3) is 0 Å². The Morgan fingerprint density at radius 1 is 1.33 bits per heavy atom. The molecule has 0 spiro atoms. The molecule has 1 aromatic carbocycles. The highest BCUT2D eigenvalue weighted by molar-refractivity contribution is 9.10. The SMILES string of the molecule is CCCNC(c1ccsc1)c1ccc(C)cc1Br. The van der Waals surface area contributed by atoms with Crippen molar-refractivity contribution in [1.82, 2.24) is 5.32 Å². The molecule has 2 aromatic rings. The van der Waals surface area contributed by atoms with Crippen LogP contribution < -0.4 is 5.32 Å². The molecule has 1 heterocycles. The van der Waals surface area contributed by atoms with Gasteiger partial charge in [-0.25, -0.2) is 0 Å². The monoisotopic (exact) mass is 323 g/mol. The predicted molar refractivity (Wildman–Crippen MR) is 83.3 cm³/mol. The Hall–Kier alpha value is -0.640. The van der Waals surface area contributed by atoms with Crippen LogP contribution >= 0.6 is 27.3 Å². The maximum atomic E-state index is 3.69. The largest absolute Gasteiger partial charge is 0.306 e. The lowest BCUT2D eigenvalue weighted by molar-refractivity contribution is 0.598. The third-order valence-corrected chi connectivity index (χ3v) is 4.33. The van der Waals surface area contributed by atoms with E-state index in [0.29, 0.717) is 0 Å². The van der Waals surface area contributed by atoms with Crippen molar-refractivity contribution in [1.29, 1.82) is 0 Å². The van der Waals surface area contributed by atoms with Crippen molar-refractivity contribution in [3.8, 4) is 0 Å². The molecule has 3 heteroatoms. The Labute approximate surface area is 121 Å². The number of hydrogen-bond acceptors (Lipinski definition) is 2. The van der Waals surface area contributed by atoms with E-state index < -0.39 is 0 Å². The molecule has 1 N–H and O–H groups in total. The van der Waals surface area contributed by atoms with Crippen LogP contribution in [0.15, 0.2) is 39.5 Å². The molecule has 1 aromatic heterocycles. The van der Waals surface area contributed by atoms with E-state index in [1.54, 1.807) is 11.3 Å². The standard InChI is InChI=1S/C15H18BrNS/c1-3-7-17-15(12-6-8-18-10-12)13-5-4-11(2)9-14(13)16/h4-6,8-10,15,17H,3,7H2,1-2H3. The minimum Gasteiger partial charge on any atom is -0.306 e. The highest BCUT2D eigenvalue weighted by atomic mass is 79.9. The van der Waals surface area contributed by atoms with Gasteiger partial charge in [-0.2, -0.15) is 11.3 Å². The average molecular weight is 324 g/mol. The van der Waals surface area contributed by atoms with Gasteiger partial charge in [-0.05, 0) is 59.5 Å². The molecule has 0 fully saturated rings. The van der Waals surface area contributed by atoms with Gasteiger partial charge in [0, 0.05) is 4.47 Å². The first kappa shape index (κ1) is 13.8. The first-order valence-electron chi connectivity index (χ1n) is 6.24. The van der Waals surface area contributed by atoms with Crippen molar-refractivity contribution in [3.05, 3.63) is 56.2 Å². The fourth-order valence-electron chi connectivity index (χ4n) is 2.00. The average Bonchev–Trinajstić information content (AvgIpc) is 2.85. The van der Waals surface area contributed by atoms with Crippen LogP contribution in [-0.4, -0.2) is 6.54 Å². The molecule has 0 aliphatic rings. The summed E-state index contributed by atoms with van der Waals surface area (Å²) in [7, 11) is 0. The number of aryl methyl sites for hydroxylation is 1. The summed E-state index contributed by atoms with van der Waals surface area (Å²) in [4.78, 5) is 0. The van der Waals surface area contributed by atoms with Gasteiger partial charge in [-0.15, -0.1) is 0 Å². The highest BCUT2D eigenvalue weighted by Crippen LogP contribution is 2.30. The van der Waals surface area contributed by atoms with Gasteiger partial charge in [0.2, 0.25) is 0 Å². The predicted octanol–water partition coefficient (Wildman–Crippen LogP) is 4.91. The smallest absolute Gasteiger partial charge is 0.0596 e. The molecule has 1 unspecified atom stereocenters. The summed E-state index contributed by atoms with van der Waals surface area (Å²) in [6, 6.07) is 9.05. The molecular formula is C15H18BrNS. The maximum Gasteiger partial charge on any atom is 0.0596 e. The first-order chi connectivity index (χ1) is 8.72. The fourth-order valence-corrected chi connectivity index (χ4v) is 3.41. The lowest BCUT2D eigenvalue weighted by atomic mass is 10.00. The van der Waals surface area contributed by atoms with E-state index in [2.05, 4.69) is 70.1 Å². The first-order valence-corrected chi connectivity index (χ1v) is 7.97. The third-order valence-electron chi connectivity index (χ3n) is 2.94. The van der Waals surface area contributed by atoms with Gasteiger partial charge < -0.3 is 5.32 Å². The molecule has 0 bridgehead atoms. The third kappa shape index (κ3) is 3.22. The van der Waals surface area contributed by atoms with Crippen molar-refractivity contribution < 1.29 is 0 Å². The summed E-state index contributed by atoms with van der Waals surface area (Å²) in [5.74, 6) is 0. The topological polar surface area (TPSA) is 12.0 Å². The molecule has 1 atom stereocenters. The molecule has 96 valence electrons. The van der Waals surface area contributed by atoms with Gasteiger partial charge in [-0.1, -0.05) is 35.0 Å². The number of rotatable bonds is 5. The quantitative estimate of drug-likeness (QED) is 0.824. The van der Waals surface area contributed by atoms with Gasteiger partial charge in [0.15, 0.2) is 0 Å². The second kappa shape index (κ2) is 6.50. The molecule has 0 radical (unpaired) electrons. The Kier molecular flexibility index (Phi) is 4.98. The van der Waals surface area contributed by atoms with Crippen LogP contribution in [0.5, 0.6) is 0 Å². The molecule has 18 heavy (non-hydrogen) atoms. The van der Waals surface area contributed by atoms with Crippen LogP contribution in [0.3, 0.4) is 0 Å². The van der Waals surface area contributed by atoms with Gasteiger partial charge in [0.1, 0.15) is 0 Å². The second-order valence-electron chi connectivity index (χ2n) is 4.47. The number of hydrogen-bond donors (Lipinski definition) is 1. The lowest BCUT2D eigenvalue weighted by Gasteiger charge is -2.20. The van der Waals surface area contributed by atoms with Gasteiger partial charge >= 0.3 is 0 Å². The Balaban J connectivity index is 2.33. The summed E-state index contributed by atoms with van der Waals surface area (Å²) < 4.78 is 1.18. The second-order valence-corrected chi connectivity index (χ2v) is 6.10. The van der Waals surface area contributed by atoms with Crippen molar-refractivity contribution in [2.75, 3.05) is 6.54 Å². The number of benzene rings is 1. The van der Waals surface area contributed by atoms with E-state index in [-0.39, 0.29) is 6.04 Å². The minimum atomic E-state index is 0.283. The maximum absolute atomic E-state index is 3.69. The van der Waals surface area contributed by atoms with E-state index in [1.807, 2.05) is 0 Å². The Bertz CT molecular complexity index is 493. The van der Waals surface area contributed by atoms with Gasteiger partial charge in [0.25, 0.3) is 0 Å².